The summed E-state index contributed by atoms with van der Waals surface area (Å²) in [5.41, 5.74) is 0.390. The van der Waals surface area contributed by atoms with Crippen molar-refractivity contribution in [1.29, 1.82) is 5.26 Å². The maximum Gasteiger partial charge on any atom is 0.315 e. The van der Waals surface area contributed by atoms with Crippen LogP contribution in [0.4, 0.5) is 5.69 Å². The van der Waals surface area contributed by atoms with E-state index in [4.69, 9.17) is 15.1 Å². The quantitative estimate of drug-likeness (QED) is 0.780. The summed E-state index contributed by atoms with van der Waals surface area (Å²) in [6.45, 7) is 1.26. The summed E-state index contributed by atoms with van der Waals surface area (Å²) in [5.74, 6) is -2.84. The van der Waals surface area contributed by atoms with Crippen LogP contribution in [0.5, 0.6) is 5.75 Å². The second kappa shape index (κ2) is 5.68. The normalized spacial score (nSPS) is 11.2. The number of carboxylic acids is 1. The summed E-state index contributed by atoms with van der Waals surface area (Å²) in [6, 6.07) is 6.58. The van der Waals surface area contributed by atoms with Crippen LogP contribution < -0.4 is 10.1 Å². The molecule has 0 bridgehead atoms. The van der Waals surface area contributed by atoms with Crippen molar-refractivity contribution in [2.24, 2.45) is 5.92 Å². The van der Waals surface area contributed by atoms with Crippen LogP contribution in [-0.4, -0.2) is 24.1 Å². The standard InChI is InChI=1S/C12H12N2O4/c1-7(12(16)17)11(15)14-10-8(6-13)4-3-5-9(10)18-2/h3-5,7H,1-2H3,(H,14,15)(H,16,17). The van der Waals surface area contributed by atoms with E-state index in [0.717, 1.165) is 0 Å². The van der Waals surface area contributed by atoms with Gasteiger partial charge < -0.3 is 15.2 Å². The highest BCUT2D eigenvalue weighted by molar-refractivity contribution is 6.05. The van der Waals surface area contributed by atoms with E-state index in [2.05, 4.69) is 5.32 Å². The van der Waals surface area contributed by atoms with Crippen LogP contribution in [0.15, 0.2) is 18.2 Å². The highest BCUT2D eigenvalue weighted by Gasteiger charge is 2.22. The Kier molecular flexibility index (Phi) is 4.27. The average molecular weight is 248 g/mol. The Bertz CT molecular complexity index is 519. The van der Waals surface area contributed by atoms with E-state index in [9.17, 15) is 9.59 Å². The van der Waals surface area contributed by atoms with Gasteiger partial charge in [-0.3, -0.25) is 9.59 Å². The van der Waals surface area contributed by atoms with Crippen molar-refractivity contribution >= 4 is 17.6 Å². The van der Waals surface area contributed by atoms with Crippen LogP contribution in [0.2, 0.25) is 0 Å². The van der Waals surface area contributed by atoms with Gasteiger partial charge in [0.15, 0.2) is 0 Å². The van der Waals surface area contributed by atoms with Crippen LogP contribution >= 0.6 is 0 Å². The zero-order chi connectivity index (χ0) is 13.7. The van der Waals surface area contributed by atoms with Crippen LogP contribution in [0.3, 0.4) is 0 Å². The van der Waals surface area contributed by atoms with Crippen LogP contribution in [0.25, 0.3) is 0 Å². The van der Waals surface area contributed by atoms with Gasteiger partial charge in [0.25, 0.3) is 0 Å². The molecular weight excluding hydrogens is 236 g/mol. The minimum Gasteiger partial charge on any atom is -0.495 e. The first-order valence-electron chi connectivity index (χ1n) is 5.12. The Balaban J connectivity index is 3.07. The van der Waals surface area contributed by atoms with E-state index in [1.807, 2.05) is 6.07 Å². The maximum atomic E-state index is 11.6. The summed E-state index contributed by atoms with van der Waals surface area (Å²) in [4.78, 5) is 22.3. The van der Waals surface area contributed by atoms with Crippen molar-refractivity contribution in [1.82, 2.24) is 0 Å². The summed E-state index contributed by atoms with van der Waals surface area (Å²) < 4.78 is 5.02. The zero-order valence-electron chi connectivity index (χ0n) is 9.93. The van der Waals surface area contributed by atoms with E-state index in [1.165, 1.54) is 20.1 Å². The highest BCUT2D eigenvalue weighted by Crippen LogP contribution is 2.28. The molecule has 1 aromatic rings. The second-order valence-corrected chi connectivity index (χ2v) is 3.54. The van der Waals surface area contributed by atoms with E-state index < -0.39 is 17.8 Å². The lowest BCUT2D eigenvalue weighted by molar-refractivity contribution is -0.144. The van der Waals surface area contributed by atoms with E-state index >= 15 is 0 Å². The van der Waals surface area contributed by atoms with Crippen molar-refractivity contribution in [3.8, 4) is 11.8 Å². The molecule has 1 rings (SSSR count). The number of rotatable bonds is 4. The molecule has 0 aliphatic carbocycles. The van der Waals surface area contributed by atoms with Crippen molar-refractivity contribution < 1.29 is 19.4 Å². The first-order chi connectivity index (χ1) is 8.51. The molecule has 0 spiro atoms. The molecule has 0 heterocycles. The molecule has 18 heavy (non-hydrogen) atoms. The van der Waals surface area contributed by atoms with Crippen molar-refractivity contribution in [2.75, 3.05) is 12.4 Å². The molecule has 1 atom stereocenters. The third-order valence-corrected chi connectivity index (χ3v) is 2.38. The molecule has 94 valence electrons. The Hall–Kier alpha value is -2.55. The molecule has 0 aromatic heterocycles. The Labute approximate surface area is 104 Å². The minimum atomic E-state index is -1.24. The fraction of sp³-hybridized carbons (Fsp3) is 0.250. The summed E-state index contributed by atoms with van der Waals surface area (Å²) in [7, 11) is 1.40. The number of carboxylic acid groups (broad SMARTS) is 1. The monoisotopic (exact) mass is 248 g/mol. The van der Waals surface area contributed by atoms with Crippen molar-refractivity contribution in [3.63, 3.8) is 0 Å². The Morgan fingerprint density at radius 3 is 2.67 bits per heavy atom. The Morgan fingerprint density at radius 1 is 1.50 bits per heavy atom. The predicted octanol–water partition coefficient (Wildman–Crippen LogP) is 1.23. The van der Waals surface area contributed by atoms with Gasteiger partial charge in [0.1, 0.15) is 23.4 Å². The number of ether oxygens (including phenoxy) is 1. The minimum absolute atomic E-state index is 0.181. The van der Waals surface area contributed by atoms with Gasteiger partial charge in [-0.1, -0.05) is 6.07 Å². The topological polar surface area (TPSA) is 99.4 Å². The van der Waals surface area contributed by atoms with Gasteiger partial charge in [0, 0.05) is 0 Å². The average Bonchev–Trinajstić information content (AvgIpc) is 2.37. The first kappa shape index (κ1) is 13.5. The molecule has 0 radical (unpaired) electrons. The molecule has 0 fully saturated rings. The van der Waals surface area contributed by atoms with Crippen LogP contribution in [-0.2, 0) is 9.59 Å². The molecule has 0 saturated carbocycles. The van der Waals surface area contributed by atoms with Gasteiger partial charge in [-0.15, -0.1) is 0 Å². The number of hydrogen-bond acceptors (Lipinski definition) is 4. The Morgan fingerprint density at radius 2 is 2.17 bits per heavy atom. The molecule has 1 amide bonds. The predicted molar refractivity (Wildman–Crippen MR) is 63.1 cm³/mol. The number of nitrogens with zero attached hydrogens (tertiary/aromatic N) is 1. The summed E-state index contributed by atoms with van der Waals surface area (Å²) in [5, 5.41) is 20.0. The number of para-hydroxylation sites is 1. The molecule has 1 aromatic carbocycles. The van der Waals surface area contributed by atoms with E-state index in [0.29, 0.717) is 5.75 Å². The smallest absolute Gasteiger partial charge is 0.315 e. The molecular formula is C12H12N2O4. The number of anilines is 1. The highest BCUT2D eigenvalue weighted by atomic mass is 16.5. The van der Waals surface area contributed by atoms with Gasteiger partial charge in [0.2, 0.25) is 5.91 Å². The molecule has 0 saturated heterocycles. The molecule has 0 aliphatic rings. The fourth-order valence-electron chi connectivity index (χ4n) is 1.27. The van der Waals surface area contributed by atoms with Gasteiger partial charge in [0.05, 0.1) is 12.7 Å². The lowest BCUT2D eigenvalue weighted by atomic mass is 10.1. The van der Waals surface area contributed by atoms with Crippen LogP contribution in [0.1, 0.15) is 12.5 Å². The van der Waals surface area contributed by atoms with Gasteiger partial charge in [-0.25, -0.2) is 0 Å². The number of benzene rings is 1. The summed E-state index contributed by atoms with van der Waals surface area (Å²) >= 11 is 0. The molecule has 1 unspecified atom stereocenters. The van der Waals surface area contributed by atoms with Gasteiger partial charge >= 0.3 is 5.97 Å². The molecule has 0 aliphatic heterocycles. The molecule has 6 heteroatoms. The van der Waals surface area contributed by atoms with E-state index in [1.54, 1.807) is 12.1 Å². The number of nitriles is 1. The second-order valence-electron chi connectivity index (χ2n) is 3.54. The SMILES string of the molecule is COc1cccc(C#N)c1NC(=O)C(C)C(=O)O. The van der Waals surface area contributed by atoms with Gasteiger partial charge in [-0.2, -0.15) is 5.26 Å². The molecule has 2 N–H and O–H groups in total. The number of amides is 1. The lowest BCUT2D eigenvalue weighted by Gasteiger charge is -2.13. The number of methoxy groups -OCH3 is 1. The maximum absolute atomic E-state index is 11.6. The third kappa shape index (κ3) is 2.77. The number of carbonyl (C=O) groups is 2. The van der Waals surface area contributed by atoms with Crippen molar-refractivity contribution in [2.45, 2.75) is 6.92 Å². The lowest BCUT2D eigenvalue weighted by Crippen LogP contribution is -2.27. The number of aliphatic carboxylic acids is 1. The third-order valence-electron chi connectivity index (χ3n) is 2.38. The van der Waals surface area contributed by atoms with Crippen molar-refractivity contribution in [3.05, 3.63) is 23.8 Å². The largest absolute Gasteiger partial charge is 0.495 e. The first-order valence-corrected chi connectivity index (χ1v) is 5.12. The fourth-order valence-corrected chi connectivity index (χ4v) is 1.27. The van der Waals surface area contributed by atoms with Crippen LogP contribution in [0, 0.1) is 17.2 Å². The van der Waals surface area contributed by atoms with E-state index in [-0.39, 0.29) is 11.3 Å². The zero-order valence-corrected chi connectivity index (χ0v) is 9.93. The molecule has 6 nitrogen and oxygen atoms in total. The summed E-state index contributed by atoms with van der Waals surface area (Å²) in [6.07, 6.45) is 0. The number of hydrogen-bond donors (Lipinski definition) is 2. The van der Waals surface area contributed by atoms with Gasteiger partial charge in [-0.05, 0) is 19.1 Å². The number of nitrogens with one attached hydrogen (secondary N) is 1. The number of carbonyl (C=O) groups excluding carboxylic acids is 1.